The molecule has 0 radical (unpaired) electrons. The zero-order valence-corrected chi connectivity index (χ0v) is 9.43. The lowest BCUT2D eigenvalue weighted by molar-refractivity contribution is 0.169. The molecule has 2 N–H and O–H groups in total. The zero-order valence-electron chi connectivity index (χ0n) is 9.43. The largest absolute Gasteiger partial charge is 0.489 e. The van der Waals surface area contributed by atoms with Crippen LogP contribution in [0.1, 0.15) is 19.3 Å². The molecular weight excluding hydrogens is 202 g/mol. The lowest BCUT2D eigenvalue weighted by Crippen LogP contribution is -2.40. The van der Waals surface area contributed by atoms with Gasteiger partial charge in [0.25, 0.3) is 0 Å². The van der Waals surface area contributed by atoms with Crippen molar-refractivity contribution in [2.45, 2.75) is 31.4 Å². The van der Waals surface area contributed by atoms with Gasteiger partial charge in [0.15, 0.2) is 0 Å². The average molecular weight is 221 g/mol. The first-order valence-electron chi connectivity index (χ1n) is 5.96. The number of aliphatic hydroxyl groups excluding tert-OH is 1. The summed E-state index contributed by atoms with van der Waals surface area (Å²) < 4.78 is 5.94. The number of hydrogen-bond acceptors (Lipinski definition) is 3. The third kappa shape index (κ3) is 2.97. The predicted octanol–water partition coefficient (Wildman–Crippen LogP) is 1.57. The Balaban J connectivity index is 1.88. The summed E-state index contributed by atoms with van der Waals surface area (Å²) in [4.78, 5) is 0. The summed E-state index contributed by atoms with van der Waals surface area (Å²) in [6.07, 6.45) is 3.67. The topological polar surface area (TPSA) is 41.5 Å². The molecule has 2 atom stereocenters. The number of benzene rings is 1. The third-order valence-electron chi connectivity index (χ3n) is 3.00. The average Bonchev–Trinajstić information content (AvgIpc) is 2.75. The van der Waals surface area contributed by atoms with Crippen LogP contribution in [0, 0.1) is 0 Å². The first-order valence-corrected chi connectivity index (χ1v) is 5.96. The van der Waals surface area contributed by atoms with Crippen LogP contribution in [0.5, 0.6) is 5.75 Å². The van der Waals surface area contributed by atoms with Crippen LogP contribution >= 0.6 is 0 Å². The Kier molecular flexibility index (Phi) is 4.19. The van der Waals surface area contributed by atoms with Gasteiger partial charge < -0.3 is 15.2 Å². The Hall–Kier alpha value is -1.06. The second-order valence-corrected chi connectivity index (χ2v) is 4.18. The van der Waals surface area contributed by atoms with Crippen molar-refractivity contribution in [3.05, 3.63) is 30.3 Å². The van der Waals surface area contributed by atoms with Crippen molar-refractivity contribution in [2.24, 2.45) is 0 Å². The van der Waals surface area contributed by atoms with Crippen molar-refractivity contribution in [2.75, 3.05) is 13.2 Å². The van der Waals surface area contributed by atoms with E-state index in [1.807, 2.05) is 30.3 Å². The van der Waals surface area contributed by atoms with E-state index in [4.69, 9.17) is 9.84 Å². The Bertz CT molecular complexity index is 302. The van der Waals surface area contributed by atoms with Gasteiger partial charge in [0.05, 0.1) is 6.61 Å². The zero-order chi connectivity index (χ0) is 11.2. The van der Waals surface area contributed by atoms with Crippen LogP contribution in [0.4, 0.5) is 0 Å². The molecule has 1 fully saturated rings. The Labute approximate surface area is 96.4 Å². The first-order chi connectivity index (χ1) is 7.90. The molecule has 16 heavy (non-hydrogen) atoms. The predicted molar refractivity (Wildman–Crippen MR) is 63.6 cm³/mol. The molecule has 3 heteroatoms. The molecule has 1 saturated carbocycles. The third-order valence-corrected chi connectivity index (χ3v) is 3.00. The van der Waals surface area contributed by atoms with Gasteiger partial charge in [0.1, 0.15) is 11.9 Å². The minimum atomic E-state index is 0.189. The van der Waals surface area contributed by atoms with E-state index in [2.05, 4.69) is 5.32 Å². The van der Waals surface area contributed by atoms with Gasteiger partial charge in [-0.05, 0) is 31.4 Å². The van der Waals surface area contributed by atoms with Crippen molar-refractivity contribution < 1.29 is 9.84 Å². The molecule has 1 aromatic carbocycles. The maximum absolute atomic E-state index is 8.80. The molecule has 1 aliphatic carbocycles. The van der Waals surface area contributed by atoms with Crippen LogP contribution in [0.2, 0.25) is 0 Å². The molecule has 0 unspecified atom stereocenters. The SMILES string of the molecule is OCCN[C@@H]1CCC[C@H]1Oc1ccccc1. The standard InChI is InChI=1S/C13H19NO2/c15-10-9-14-12-7-4-8-13(12)16-11-5-2-1-3-6-11/h1-3,5-6,12-15H,4,7-10H2/t12-,13-/m1/s1. The summed E-state index contributed by atoms with van der Waals surface area (Å²) >= 11 is 0. The van der Waals surface area contributed by atoms with Crippen LogP contribution in [-0.2, 0) is 0 Å². The van der Waals surface area contributed by atoms with E-state index in [9.17, 15) is 0 Å². The lowest BCUT2D eigenvalue weighted by Gasteiger charge is -2.22. The number of nitrogens with one attached hydrogen (secondary N) is 1. The normalized spacial score (nSPS) is 24.6. The smallest absolute Gasteiger partial charge is 0.119 e. The van der Waals surface area contributed by atoms with Gasteiger partial charge in [-0.2, -0.15) is 0 Å². The van der Waals surface area contributed by atoms with Gasteiger partial charge in [0.2, 0.25) is 0 Å². The van der Waals surface area contributed by atoms with Gasteiger partial charge in [-0.15, -0.1) is 0 Å². The highest BCUT2D eigenvalue weighted by atomic mass is 16.5. The molecule has 1 aromatic rings. The van der Waals surface area contributed by atoms with Crippen LogP contribution in [-0.4, -0.2) is 30.4 Å². The highest BCUT2D eigenvalue weighted by Gasteiger charge is 2.28. The van der Waals surface area contributed by atoms with Gasteiger partial charge >= 0.3 is 0 Å². The van der Waals surface area contributed by atoms with Gasteiger partial charge in [0, 0.05) is 12.6 Å². The molecule has 0 amide bonds. The van der Waals surface area contributed by atoms with Gasteiger partial charge in [-0.1, -0.05) is 18.2 Å². The van der Waals surface area contributed by atoms with E-state index < -0.39 is 0 Å². The summed E-state index contributed by atoms with van der Waals surface area (Å²) in [6.45, 7) is 0.841. The Morgan fingerprint density at radius 3 is 2.81 bits per heavy atom. The maximum Gasteiger partial charge on any atom is 0.119 e. The number of aliphatic hydroxyl groups is 1. The Morgan fingerprint density at radius 2 is 2.06 bits per heavy atom. The molecule has 0 aliphatic heterocycles. The van der Waals surface area contributed by atoms with E-state index in [0.29, 0.717) is 12.6 Å². The maximum atomic E-state index is 8.80. The highest BCUT2D eigenvalue weighted by molar-refractivity contribution is 5.21. The van der Waals surface area contributed by atoms with E-state index >= 15 is 0 Å². The number of para-hydroxylation sites is 1. The van der Waals surface area contributed by atoms with Crippen molar-refractivity contribution in [1.29, 1.82) is 0 Å². The summed E-state index contributed by atoms with van der Waals surface area (Å²) in [5.74, 6) is 0.935. The molecule has 0 spiro atoms. The Morgan fingerprint density at radius 1 is 1.25 bits per heavy atom. The van der Waals surface area contributed by atoms with Crippen molar-refractivity contribution in [3.8, 4) is 5.75 Å². The van der Waals surface area contributed by atoms with Crippen LogP contribution < -0.4 is 10.1 Å². The quantitative estimate of drug-likeness (QED) is 0.793. The van der Waals surface area contributed by atoms with Crippen LogP contribution in [0.15, 0.2) is 30.3 Å². The molecule has 88 valence electrons. The minimum absolute atomic E-state index is 0.189. The van der Waals surface area contributed by atoms with E-state index in [-0.39, 0.29) is 12.7 Å². The minimum Gasteiger partial charge on any atom is -0.489 e. The van der Waals surface area contributed by atoms with Crippen LogP contribution in [0.25, 0.3) is 0 Å². The molecule has 0 heterocycles. The van der Waals surface area contributed by atoms with E-state index in [0.717, 1.165) is 18.6 Å². The fourth-order valence-electron chi connectivity index (χ4n) is 2.22. The fourth-order valence-corrected chi connectivity index (χ4v) is 2.22. The number of ether oxygens (including phenoxy) is 1. The van der Waals surface area contributed by atoms with Gasteiger partial charge in [-0.25, -0.2) is 0 Å². The van der Waals surface area contributed by atoms with Crippen molar-refractivity contribution >= 4 is 0 Å². The van der Waals surface area contributed by atoms with Crippen molar-refractivity contribution in [1.82, 2.24) is 5.32 Å². The summed E-state index contributed by atoms with van der Waals surface area (Å²) in [5.41, 5.74) is 0. The first kappa shape index (κ1) is 11.4. The lowest BCUT2D eigenvalue weighted by atomic mass is 10.2. The second kappa shape index (κ2) is 5.87. The molecular formula is C13H19NO2. The van der Waals surface area contributed by atoms with E-state index in [1.54, 1.807) is 0 Å². The number of hydrogen-bond donors (Lipinski definition) is 2. The summed E-state index contributed by atoms with van der Waals surface area (Å²) in [5, 5.41) is 12.1. The van der Waals surface area contributed by atoms with Crippen LogP contribution in [0.3, 0.4) is 0 Å². The molecule has 0 saturated heterocycles. The molecule has 3 nitrogen and oxygen atoms in total. The monoisotopic (exact) mass is 221 g/mol. The van der Waals surface area contributed by atoms with E-state index in [1.165, 1.54) is 6.42 Å². The summed E-state index contributed by atoms with van der Waals surface area (Å²) in [7, 11) is 0. The molecule has 1 aliphatic rings. The molecule has 0 bridgehead atoms. The second-order valence-electron chi connectivity index (χ2n) is 4.18. The fraction of sp³-hybridized carbons (Fsp3) is 0.538. The molecule has 2 rings (SSSR count). The number of rotatable bonds is 5. The molecule has 0 aromatic heterocycles. The summed E-state index contributed by atoms with van der Waals surface area (Å²) in [6, 6.07) is 10.3. The van der Waals surface area contributed by atoms with Crippen molar-refractivity contribution in [3.63, 3.8) is 0 Å². The highest BCUT2D eigenvalue weighted by Crippen LogP contribution is 2.24. The van der Waals surface area contributed by atoms with Gasteiger partial charge in [-0.3, -0.25) is 0 Å².